The van der Waals surface area contributed by atoms with Gasteiger partial charge in [0, 0.05) is 6.04 Å². The molecule has 1 fully saturated rings. The van der Waals surface area contributed by atoms with Gasteiger partial charge in [0.1, 0.15) is 0 Å². The number of nitriles is 1. The van der Waals surface area contributed by atoms with Crippen LogP contribution >= 0.6 is 0 Å². The van der Waals surface area contributed by atoms with Gasteiger partial charge in [-0.1, -0.05) is 42.5 Å². The van der Waals surface area contributed by atoms with Crippen molar-refractivity contribution in [1.82, 2.24) is 5.32 Å². The van der Waals surface area contributed by atoms with Gasteiger partial charge in [-0.05, 0) is 79.3 Å². The van der Waals surface area contributed by atoms with Crippen LogP contribution in [0, 0.1) is 11.3 Å². The summed E-state index contributed by atoms with van der Waals surface area (Å²) in [4.78, 5) is 46.8. The summed E-state index contributed by atoms with van der Waals surface area (Å²) >= 11 is 0. The molecule has 2 aliphatic rings. The maximum absolute atomic E-state index is 12.0. The first-order chi connectivity index (χ1) is 19.8. The van der Waals surface area contributed by atoms with Crippen LogP contribution in [0.5, 0.6) is 0 Å². The fraction of sp³-hybridized carbons (Fsp3) is 0.258. The zero-order valence-electron chi connectivity index (χ0n) is 21.9. The quantitative estimate of drug-likeness (QED) is 0.367. The number of carbonyl (C=O) groups excluding carboxylic acids is 2. The van der Waals surface area contributed by atoms with Crippen LogP contribution in [-0.4, -0.2) is 58.9 Å². The van der Waals surface area contributed by atoms with E-state index < -0.39 is 36.1 Å². The van der Waals surface area contributed by atoms with Crippen molar-refractivity contribution in [3.8, 4) is 6.07 Å². The molecule has 10 nitrogen and oxygen atoms in total. The first-order valence-electron chi connectivity index (χ1n) is 13.0. The number of benzene rings is 3. The summed E-state index contributed by atoms with van der Waals surface area (Å²) in [6, 6.07) is 23.9. The standard InChI is InChI=1S/C18H14O8.C13H14N2/c19-15(20)13(25-17(23)11-7-3-1-4-8-11)14(16(21)22)26-18(24)12-9-5-2-6-10-12;14-8-9-3-4-10-7-13-11(12(10)6-9)2-1-5-15-13/h1-10,13-14H,(H,19,20)(H,21,22);3-4,6,11,13,15H,1-2,5,7H2/t13-,14-;/m0./s1. The van der Waals surface area contributed by atoms with Crippen molar-refractivity contribution in [1.29, 1.82) is 5.26 Å². The molecule has 1 aliphatic heterocycles. The molecule has 41 heavy (non-hydrogen) atoms. The maximum atomic E-state index is 12.0. The summed E-state index contributed by atoms with van der Waals surface area (Å²) < 4.78 is 9.52. The van der Waals surface area contributed by atoms with Gasteiger partial charge in [0.15, 0.2) is 0 Å². The van der Waals surface area contributed by atoms with Gasteiger partial charge in [-0.15, -0.1) is 0 Å². The number of nitrogens with one attached hydrogen (secondary N) is 1. The van der Waals surface area contributed by atoms with Crippen LogP contribution in [0.2, 0.25) is 0 Å². The Bertz CT molecular complexity index is 1380. The Morgan fingerprint density at radius 2 is 1.37 bits per heavy atom. The molecular weight excluding hydrogens is 528 g/mol. The topological polar surface area (TPSA) is 163 Å². The molecule has 4 atom stereocenters. The lowest BCUT2D eigenvalue weighted by atomic mass is 9.90. The summed E-state index contributed by atoms with van der Waals surface area (Å²) in [5, 5.41) is 31.0. The smallest absolute Gasteiger partial charge is 0.349 e. The SMILES string of the molecule is N#Cc1ccc2c(c1)C1CCCNC1C2.O=C(O[C@H](C(=O)O)[C@H](OC(=O)c1ccccc1)C(=O)O)c1ccccc1. The minimum absolute atomic E-state index is 0.0253. The zero-order chi connectivity index (χ0) is 29.4. The maximum Gasteiger partial charge on any atom is 0.349 e. The van der Waals surface area contributed by atoms with Gasteiger partial charge < -0.3 is 25.0 Å². The van der Waals surface area contributed by atoms with E-state index in [1.807, 2.05) is 6.07 Å². The minimum atomic E-state index is -2.21. The van der Waals surface area contributed by atoms with E-state index in [0.29, 0.717) is 12.0 Å². The summed E-state index contributed by atoms with van der Waals surface area (Å²) in [7, 11) is 0. The van der Waals surface area contributed by atoms with Gasteiger partial charge in [-0.25, -0.2) is 19.2 Å². The van der Waals surface area contributed by atoms with Gasteiger partial charge in [-0.2, -0.15) is 5.26 Å². The molecule has 0 saturated carbocycles. The molecule has 5 rings (SSSR count). The van der Waals surface area contributed by atoms with Gasteiger partial charge in [0.25, 0.3) is 0 Å². The zero-order valence-corrected chi connectivity index (χ0v) is 21.9. The van der Waals surface area contributed by atoms with Crippen molar-refractivity contribution < 1.29 is 38.9 Å². The van der Waals surface area contributed by atoms with Crippen LogP contribution in [-0.2, 0) is 25.5 Å². The van der Waals surface area contributed by atoms with Crippen molar-refractivity contribution in [3.05, 3.63) is 107 Å². The second-order valence-electron chi connectivity index (χ2n) is 9.60. The molecule has 0 bridgehead atoms. The van der Waals surface area contributed by atoms with Crippen LogP contribution < -0.4 is 5.32 Å². The average Bonchev–Trinajstić information content (AvgIpc) is 3.37. The number of carboxylic acids is 2. The van der Waals surface area contributed by atoms with Crippen molar-refractivity contribution in [3.63, 3.8) is 0 Å². The van der Waals surface area contributed by atoms with Crippen LogP contribution in [0.15, 0.2) is 78.9 Å². The van der Waals surface area contributed by atoms with E-state index in [4.69, 9.17) is 14.7 Å². The van der Waals surface area contributed by atoms with E-state index in [1.165, 1.54) is 72.5 Å². The first kappa shape index (κ1) is 29.0. The second kappa shape index (κ2) is 13.4. The van der Waals surface area contributed by atoms with E-state index in [9.17, 15) is 29.4 Å². The van der Waals surface area contributed by atoms with Crippen LogP contribution in [0.1, 0.15) is 56.2 Å². The Hall–Kier alpha value is -5.01. The minimum Gasteiger partial charge on any atom is -0.478 e. The third-order valence-corrected chi connectivity index (χ3v) is 6.95. The Labute approximate surface area is 236 Å². The van der Waals surface area contributed by atoms with E-state index >= 15 is 0 Å². The lowest BCUT2D eigenvalue weighted by Gasteiger charge is -2.27. The van der Waals surface area contributed by atoms with E-state index in [1.54, 1.807) is 12.1 Å². The summed E-state index contributed by atoms with van der Waals surface area (Å²) in [5.41, 5.74) is 3.72. The molecule has 1 saturated heterocycles. The summed E-state index contributed by atoms with van der Waals surface area (Å²) in [5.74, 6) is -4.98. The average molecular weight is 557 g/mol. The number of carboxylic acid groups (broad SMARTS) is 2. The number of nitrogens with zero attached hydrogens (tertiary/aromatic N) is 1. The van der Waals surface area contributed by atoms with Crippen molar-refractivity contribution in [2.75, 3.05) is 6.54 Å². The molecule has 1 aliphatic carbocycles. The highest BCUT2D eigenvalue weighted by Gasteiger charge is 2.41. The Morgan fingerprint density at radius 3 is 1.85 bits per heavy atom. The number of hydrogen-bond donors (Lipinski definition) is 3. The van der Waals surface area contributed by atoms with E-state index in [0.717, 1.165) is 18.5 Å². The molecule has 0 amide bonds. The predicted octanol–water partition coefficient (Wildman–Crippen LogP) is 3.56. The summed E-state index contributed by atoms with van der Waals surface area (Å²) in [6.07, 6.45) is -0.747. The number of rotatable bonds is 7. The number of piperidine rings is 1. The van der Waals surface area contributed by atoms with Gasteiger partial charge >= 0.3 is 23.9 Å². The second-order valence-corrected chi connectivity index (χ2v) is 9.60. The lowest BCUT2D eigenvalue weighted by molar-refractivity contribution is -0.166. The van der Waals surface area contributed by atoms with Crippen molar-refractivity contribution in [2.45, 2.75) is 43.4 Å². The molecule has 3 aromatic carbocycles. The summed E-state index contributed by atoms with van der Waals surface area (Å²) in [6.45, 7) is 1.15. The molecule has 210 valence electrons. The first-order valence-corrected chi connectivity index (χ1v) is 13.0. The Morgan fingerprint density at radius 1 is 0.829 bits per heavy atom. The van der Waals surface area contributed by atoms with Gasteiger partial charge in [0.2, 0.25) is 12.2 Å². The number of ether oxygens (including phenoxy) is 2. The number of hydrogen-bond acceptors (Lipinski definition) is 8. The van der Waals surface area contributed by atoms with Crippen molar-refractivity contribution in [2.24, 2.45) is 0 Å². The highest BCUT2D eigenvalue weighted by molar-refractivity contribution is 5.95. The highest BCUT2D eigenvalue weighted by Crippen LogP contribution is 2.38. The number of fused-ring (bicyclic) bond motifs is 3. The number of esters is 2. The molecular formula is C31H28N2O8. The monoisotopic (exact) mass is 556 g/mol. The highest BCUT2D eigenvalue weighted by atomic mass is 16.6. The third-order valence-electron chi connectivity index (χ3n) is 6.95. The molecule has 0 aromatic heterocycles. The molecule has 0 spiro atoms. The van der Waals surface area contributed by atoms with E-state index in [-0.39, 0.29) is 11.1 Å². The fourth-order valence-corrected chi connectivity index (χ4v) is 4.97. The lowest BCUT2D eigenvalue weighted by Crippen LogP contribution is -2.45. The van der Waals surface area contributed by atoms with Crippen LogP contribution in [0.4, 0.5) is 0 Å². The van der Waals surface area contributed by atoms with Gasteiger partial charge in [0.05, 0.1) is 22.8 Å². The molecule has 0 radical (unpaired) electrons. The van der Waals surface area contributed by atoms with Crippen LogP contribution in [0.25, 0.3) is 0 Å². The van der Waals surface area contributed by atoms with E-state index in [2.05, 4.69) is 23.5 Å². The molecule has 2 unspecified atom stereocenters. The Kier molecular flexibility index (Phi) is 9.45. The fourth-order valence-electron chi connectivity index (χ4n) is 4.97. The molecule has 3 aromatic rings. The molecule has 10 heteroatoms. The molecule has 3 N–H and O–H groups in total. The number of carbonyl (C=O) groups is 4. The largest absolute Gasteiger partial charge is 0.478 e. The third kappa shape index (κ3) is 7.15. The predicted molar refractivity (Wildman–Crippen MR) is 145 cm³/mol. The molecule has 1 heterocycles. The number of aliphatic carboxylic acids is 2. The van der Waals surface area contributed by atoms with Crippen molar-refractivity contribution >= 4 is 23.9 Å². The van der Waals surface area contributed by atoms with Gasteiger partial charge in [-0.3, -0.25) is 0 Å². The van der Waals surface area contributed by atoms with Crippen LogP contribution in [0.3, 0.4) is 0 Å². The Balaban J connectivity index is 0.000000216. The normalized spacial score (nSPS) is 18.1.